The van der Waals surface area contributed by atoms with Crippen molar-refractivity contribution in [2.45, 2.75) is 25.2 Å². The van der Waals surface area contributed by atoms with Gasteiger partial charge in [-0.25, -0.2) is 0 Å². The van der Waals surface area contributed by atoms with E-state index in [1.807, 2.05) is 12.1 Å². The van der Waals surface area contributed by atoms with Crippen LogP contribution in [-0.2, 0) is 12.8 Å². The Morgan fingerprint density at radius 2 is 1.63 bits per heavy atom. The summed E-state index contributed by atoms with van der Waals surface area (Å²) in [5.74, 6) is 0.560. The lowest BCUT2D eigenvalue weighted by Crippen LogP contribution is -1.98. The Hall–Kier alpha value is -2.16. The van der Waals surface area contributed by atoms with Crippen molar-refractivity contribution in [2.75, 3.05) is 0 Å². The number of aryl methyl sites for hydroxylation is 1. The molecule has 0 fully saturated rings. The number of rotatable bonds is 2. The van der Waals surface area contributed by atoms with Gasteiger partial charge in [0.2, 0.25) is 0 Å². The second-order valence-electron chi connectivity index (χ2n) is 5.15. The van der Waals surface area contributed by atoms with E-state index < -0.39 is 0 Å². The second kappa shape index (κ2) is 4.50. The molecule has 0 saturated carbocycles. The summed E-state index contributed by atoms with van der Waals surface area (Å²) in [7, 11) is 0. The molecule has 0 heterocycles. The Bertz CT molecular complexity index is 602. The van der Waals surface area contributed by atoms with E-state index in [0.29, 0.717) is 5.92 Å². The first kappa shape index (κ1) is 11.9. The van der Waals surface area contributed by atoms with Crippen LogP contribution in [0.5, 0.6) is 17.2 Å². The minimum Gasteiger partial charge on any atom is -0.508 e. The highest BCUT2D eigenvalue weighted by Gasteiger charge is 2.24. The molecule has 19 heavy (non-hydrogen) atoms. The molecule has 0 saturated heterocycles. The van der Waals surface area contributed by atoms with Gasteiger partial charge in [0.15, 0.2) is 11.5 Å². The van der Waals surface area contributed by atoms with Crippen molar-refractivity contribution in [2.24, 2.45) is 0 Å². The van der Waals surface area contributed by atoms with Crippen molar-refractivity contribution in [3.05, 3.63) is 53.1 Å². The third-order valence-electron chi connectivity index (χ3n) is 3.86. The van der Waals surface area contributed by atoms with Crippen molar-refractivity contribution in [1.29, 1.82) is 0 Å². The molecule has 0 aromatic heterocycles. The number of phenolic OH excluding ortho intramolecular Hbond substituents is 3. The highest BCUT2D eigenvalue weighted by atomic mass is 16.3. The Morgan fingerprint density at radius 3 is 2.37 bits per heavy atom. The lowest BCUT2D eigenvalue weighted by Gasteiger charge is -2.12. The first-order valence-electron chi connectivity index (χ1n) is 6.46. The minimum atomic E-state index is -0.0450. The van der Waals surface area contributed by atoms with Crippen LogP contribution in [-0.4, -0.2) is 15.3 Å². The van der Waals surface area contributed by atoms with Crippen molar-refractivity contribution in [1.82, 2.24) is 0 Å². The quantitative estimate of drug-likeness (QED) is 0.724. The van der Waals surface area contributed by atoms with Gasteiger partial charge in [0.1, 0.15) is 5.75 Å². The monoisotopic (exact) mass is 256 g/mol. The van der Waals surface area contributed by atoms with Gasteiger partial charge in [0, 0.05) is 0 Å². The van der Waals surface area contributed by atoms with E-state index in [1.165, 1.54) is 5.56 Å². The summed E-state index contributed by atoms with van der Waals surface area (Å²) in [6, 6.07) is 10.6. The maximum Gasteiger partial charge on any atom is 0.157 e. The molecule has 0 unspecified atom stereocenters. The molecule has 3 nitrogen and oxygen atoms in total. The first-order chi connectivity index (χ1) is 9.13. The van der Waals surface area contributed by atoms with Gasteiger partial charge < -0.3 is 15.3 Å². The van der Waals surface area contributed by atoms with Gasteiger partial charge in [-0.05, 0) is 66.1 Å². The smallest absolute Gasteiger partial charge is 0.157 e. The van der Waals surface area contributed by atoms with Crippen LogP contribution in [0.3, 0.4) is 0 Å². The van der Waals surface area contributed by atoms with Crippen LogP contribution in [0.4, 0.5) is 0 Å². The van der Waals surface area contributed by atoms with Crippen LogP contribution in [0.15, 0.2) is 36.4 Å². The summed E-state index contributed by atoms with van der Waals surface area (Å²) in [6.07, 6.45) is 2.85. The molecule has 3 rings (SSSR count). The van der Waals surface area contributed by atoms with E-state index >= 15 is 0 Å². The van der Waals surface area contributed by atoms with Crippen LogP contribution < -0.4 is 0 Å². The predicted molar refractivity (Wildman–Crippen MR) is 72.6 cm³/mol. The van der Waals surface area contributed by atoms with Crippen molar-refractivity contribution < 1.29 is 15.3 Å². The lowest BCUT2D eigenvalue weighted by molar-refractivity contribution is 0.402. The second-order valence-corrected chi connectivity index (χ2v) is 5.15. The molecule has 1 atom stereocenters. The van der Waals surface area contributed by atoms with Crippen LogP contribution in [0, 0.1) is 0 Å². The number of hydrogen-bond acceptors (Lipinski definition) is 3. The van der Waals surface area contributed by atoms with Gasteiger partial charge in [0.25, 0.3) is 0 Å². The fourth-order valence-electron chi connectivity index (χ4n) is 2.85. The van der Waals surface area contributed by atoms with Crippen molar-refractivity contribution in [3.63, 3.8) is 0 Å². The molecule has 0 spiro atoms. The van der Waals surface area contributed by atoms with Crippen LogP contribution in [0.1, 0.15) is 29.0 Å². The molecule has 1 aliphatic carbocycles. The summed E-state index contributed by atoms with van der Waals surface area (Å²) in [5, 5.41) is 28.4. The number of phenols is 3. The molecule has 0 aliphatic heterocycles. The maximum atomic E-state index is 9.62. The Kier molecular flexibility index (Phi) is 2.82. The van der Waals surface area contributed by atoms with E-state index in [0.717, 1.165) is 30.4 Å². The normalized spacial score (nSPS) is 17.4. The highest BCUT2D eigenvalue weighted by molar-refractivity contribution is 5.49. The minimum absolute atomic E-state index is 0.0379. The predicted octanol–water partition coefficient (Wildman–Crippen LogP) is 3.08. The van der Waals surface area contributed by atoms with Crippen LogP contribution in [0.2, 0.25) is 0 Å². The highest BCUT2D eigenvalue weighted by Crippen LogP contribution is 2.40. The zero-order valence-electron chi connectivity index (χ0n) is 10.5. The van der Waals surface area contributed by atoms with Crippen molar-refractivity contribution in [3.8, 4) is 17.2 Å². The third kappa shape index (κ3) is 2.24. The number of benzene rings is 2. The summed E-state index contributed by atoms with van der Waals surface area (Å²) < 4.78 is 0. The number of aromatic hydroxyl groups is 3. The molecule has 0 amide bonds. The van der Waals surface area contributed by atoms with Gasteiger partial charge in [-0.3, -0.25) is 0 Å². The van der Waals surface area contributed by atoms with Gasteiger partial charge in [-0.1, -0.05) is 12.1 Å². The van der Waals surface area contributed by atoms with E-state index in [1.54, 1.807) is 24.3 Å². The molecule has 0 radical (unpaired) electrons. The summed E-state index contributed by atoms with van der Waals surface area (Å²) in [6.45, 7) is 0. The SMILES string of the molecule is Oc1ccc(C[C@H]2CCc3cc(O)c(O)cc32)cc1. The van der Waals surface area contributed by atoms with E-state index in [2.05, 4.69) is 0 Å². The largest absolute Gasteiger partial charge is 0.508 e. The zero-order valence-corrected chi connectivity index (χ0v) is 10.5. The number of fused-ring (bicyclic) bond motifs is 1. The topological polar surface area (TPSA) is 60.7 Å². The molecule has 3 N–H and O–H groups in total. The fraction of sp³-hybridized carbons (Fsp3) is 0.250. The average Bonchev–Trinajstić information content (AvgIpc) is 2.76. The third-order valence-corrected chi connectivity index (χ3v) is 3.86. The van der Waals surface area contributed by atoms with E-state index in [-0.39, 0.29) is 17.2 Å². The molecule has 2 aromatic carbocycles. The zero-order chi connectivity index (χ0) is 13.4. The maximum absolute atomic E-state index is 9.62. The summed E-state index contributed by atoms with van der Waals surface area (Å²) in [4.78, 5) is 0. The lowest BCUT2D eigenvalue weighted by atomic mass is 9.93. The molecule has 98 valence electrons. The van der Waals surface area contributed by atoms with E-state index in [9.17, 15) is 15.3 Å². The summed E-state index contributed by atoms with van der Waals surface area (Å²) >= 11 is 0. The van der Waals surface area contributed by atoms with Gasteiger partial charge in [-0.15, -0.1) is 0 Å². The van der Waals surface area contributed by atoms with Gasteiger partial charge >= 0.3 is 0 Å². The van der Waals surface area contributed by atoms with Gasteiger partial charge in [-0.2, -0.15) is 0 Å². The van der Waals surface area contributed by atoms with Crippen LogP contribution in [0.25, 0.3) is 0 Å². The fourth-order valence-corrected chi connectivity index (χ4v) is 2.85. The average molecular weight is 256 g/mol. The Labute approximate surface area is 111 Å². The molecule has 3 heteroatoms. The molecule has 0 bridgehead atoms. The van der Waals surface area contributed by atoms with Crippen LogP contribution >= 0.6 is 0 Å². The molecular formula is C16H16O3. The van der Waals surface area contributed by atoms with Gasteiger partial charge in [0.05, 0.1) is 0 Å². The van der Waals surface area contributed by atoms with E-state index in [4.69, 9.17) is 0 Å². The molecule has 2 aromatic rings. The Balaban J connectivity index is 1.86. The standard InChI is InChI=1S/C16H16O3/c17-13-5-1-10(2-6-13)7-11-3-4-12-8-15(18)16(19)9-14(11)12/h1-2,5-6,8-9,11,17-19H,3-4,7H2/t11-/m1/s1. The van der Waals surface area contributed by atoms with Crippen molar-refractivity contribution >= 4 is 0 Å². The molecule has 1 aliphatic rings. The summed E-state index contributed by atoms with van der Waals surface area (Å²) in [5.41, 5.74) is 3.42. The number of hydrogen-bond donors (Lipinski definition) is 3. The first-order valence-corrected chi connectivity index (χ1v) is 6.46. The Morgan fingerprint density at radius 1 is 0.947 bits per heavy atom. The molecular weight excluding hydrogens is 240 g/mol.